The van der Waals surface area contributed by atoms with Crippen molar-refractivity contribution in [1.82, 2.24) is 25.5 Å². The molecule has 0 amide bonds. The molecule has 0 atom stereocenters. The maximum Gasteiger partial charge on any atom is 3.00 e. The topological polar surface area (TPSA) is 201 Å². The first kappa shape index (κ1) is 58.1. The summed E-state index contributed by atoms with van der Waals surface area (Å²) in [4.78, 5) is 20.2. The maximum atomic E-state index is 10.7. The van der Waals surface area contributed by atoms with Crippen molar-refractivity contribution in [3.8, 4) is 11.4 Å². The van der Waals surface area contributed by atoms with E-state index >= 15 is 0 Å². The van der Waals surface area contributed by atoms with Crippen LogP contribution in [0.3, 0.4) is 0 Å². The molecule has 2 N–H and O–H groups in total. The SMILES string of the molecule is CCOCC.CN(CC1=N/C(=C/NC2CCCCC2)C=C1)CC1=N/C(=C/NC2CCCCC2)C=C1.O=S(=O)([O-])C(F)(F)F.O=S(=O)([O-])C(F)(F)F.[Fe+3].c1ccc(-c2ccccn2)nc1. The van der Waals surface area contributed by atoms with E-state index in [1.54, 1.807) is 12.4 Å². The number of halogens is 6. The zero-order chi connectivity index (χ0) is 46.9. The number of aliphatic imine (C=N–C) groups is 2. The number of aromatic nitrogens is 2. The quantitative estimate of drug-likeness (QED) is 0.0961. The normalized spacial score (nSPS) is 17.9. The van der Waals surface area contributed by atoms with Crippen LogP contribution in [0, 0.1) is 0 Å². The molecule has 2 aromatic rings. The smallest absolute Gasteiger partial charge is 0.741 e. The maximum absolute atomic E-state index is 10.7. The van der Waals surface area contributed by atoms with Crippen molar-refractivity contribution >= 4 is 31.7 Å². The van der Waals surface area contributed by atoms with Crippen LogP contribution in [-0.2, 0) is 42.0 Å². The van der Waals surface area contributed by atoms with Crippen LogP contribution in [0.1, 0.15) is 78.1 Å². The van der Waals surface area contributed by atoms with Crippen LogP contribution in [0.25, 0.3) is 11.4 Å². The Kier molecular flexibility index (Phi) is 26.8. The van der Waals surface area contributed by atoms with Crippen LogP contribution in [0.4, 0.5) is 26.3 Å². The number of alkyl halides is 6. The number of pyridine rings is 2. The van der Waals surface area contributed by atoms with Gasteiger partial charge in [-0.05, 0) is 95.1 Å². The summed E-state index contributed by atoms with van der Waals surface area (Å²) in [7, 11) is -10.0. The first-order chi connectivity index (χ1) is 29.6. The van der Waals surface area contributed by atoms with E-state index in [-0.39, 0.29) is 17.1 Å². The van der Waals surface area contributed by atoms with Crippen LogP contribution in [0.2, 0.25) is 0 Å². The van der Waals surface area contributed by atoms with E-state index in [1.807, 2.05) is 50.2 Å². The Morgan fingerprint density at radius 3 is 1.27 bits per heavy atom. The molecule has 0 spiro atoms. The van der Waals surface area contributed by atoms with Gasteiger partial charge in [-0.3, -0.25) is 24.9 Å². The van der Waals surface area contributed by atoms with Gasteiger partial charge in [0.25, 0.3) is 0 Å². The molecule has 2 saturated carbocycles. The van der Waals surface area contributed by atoms with E-state index in [9.17, 15) is 26.3 Å². The Morgan fingerprint density at radius 1 is 0.656 bits per heavy atom. The fourth-order valence-electron chi connectivity index (χ4n) is 5.97. The summed E-state index contributed by atoms with van der Waals surface area (Å²) in [5.41, 5.74) is -5.14. The van der Waals surface area contributed by atoms with Crippen LogP contribution < -0.4 is 10.6 Å². The first-order valence-corrected chi connectivity index (χ1v) is 23.0. The average Bonchev–Trinajstić information content (AvgIpc) is 3.89. The monoisotopic (exact) mass is 991 g/mol. The van der Waals surface area contributed by atoms with E-state index in [4.69, 9.17) is 40.7 Å². The molecule has 4 aliphatic rings. The van der Waals surface area contributed by atoms with Gasteiger partial charge in [-0.15, -0.1) is 0 Å². The molecule has 23 heteroatoms. The molecule has 0 aromatic carbocycles. The standard InChI is InChI=1S/C25H37N5.C10H8N2.C4H10O.2CHF3O3S.Fe/c1-30(18-24-14-12-22(28-24)16-26-20-8-4-2-5-9-20)19-25-15-13-23(29-25)17-27-21-10-6-3-7-11-21;1-3-7-11-9(5-1)10-6-2-4-8-12-10;1-3-5-4-2;2*2-1(3,4)8(5,6)7;/h12-17,20-21,26-27H,2-11,18-19H2,1H3;1-8H;3-4H2,1-2H3;2*(H,5,6,7);/q;;;;;+3/p-2/b22-16+,23-17+;;;;;. The summed E-state index contributed by atoms with van der Waals surface area (Å²) >= 11 is 0. The number of rotatable bonds is 11. The van der Waals surface area contributed by atoms with Gasteiger partial charge < -0.3 is 24.5 Å². The Hall–Kier alpha value is -3.96. The van der Waals surface area contributed by atoms with E-state index in [0.29, 0.717) is 12.1 Å². The molecule has 1 radical (unpaired) electrons. The van der Waals surface area contributed by atoms with Gasteiger partial charge in [0, 0.05) is 63.2 Å². The Labute approximate surface area is 382 Å². The molecular formula is C41H55F6FeN7O7S2+. The number of nitrogens with one attached hydrogen (secondary N) is 2. The van der Waals surface area contributed by atoms with Gasteiger partial charge in [0.2, 0.25) is 0 Å². The number of nitrogens with zero attached hydrogens (tertiary/aromatic N) is 5. The minimum atomic E-state index is -6.09. The van der Waals surface area contributed by atoms with Gasteiger partial charge in [-0.2, -0.15) is 26.3 Å². The van der Waals surface area contributed by atoms with Crippen LogP contribution in [-0.4, -0.2) is 109 Å². The number of hydrogen-bond acceptors (Lipinski definition) is 14. The summed E-state index contributed by atoms with van der Waals surface area (Å²) in [5.74, 6) is 0. The molecule has 2 aromatic heterocycles. The summed E-state index contributed by atoms with van der Waals surface area (Å²) in [6.07, 6.45) is 29.5. The van der Waals surface area contributed by atoms with Gasteiger partial charge in [0.05, 0.1) is 34.2 Å². The second kappa shape index (κ2) is 29.5. The molecule has 2 aliphatic heterocycles. The number of hydrogen-bond donors (Lipinski definition) is 2. The summed E-state index contributed by atoms with van der Waals surface area (Å²) in [6.45, 7) is 7.34. The van der Waals surface area contributed by atoms with E-state index in [0.717, 1.165) is 60.5 Å². The van der Waals surface area contributed by atoms with Crippen molar-refractivity contribution in [2.45, 2.75) is 101 Å². The van der Waals surface area contributed by atoms with E-state index < -0.39 is 31.3 Å². The van der Waals surface area contributed by atoms with Gasteiger partial charge in [0.15, 0.2) is 20.2 Å². The Bertz CT molecular complexity index is 1920. The predicted molar refractivity (Wildman–Crippen MR) is 228 cm³/mol. The summed E-state index contributed by atoms with van der Waals surface area (Å²) < 4.78 is 123. The third kappa shape index (κ3) is 24.4. The van der Waals surface area contributed by atoms with Gasteiger partial charge >= 0.3 is 28.1 Å². The zero-order valence-electron chi connectivity index (χ0n) is 35.7. The fourth-order valence-corrected chi connectivity index (χ4v) is 5.97. The third-order valence-corrected chi connectivity index (χ3v) is 10.1. The minimum Gasteiger partial charge on any atom is -0.741 e. The van der Waals surface area contributed by atoms with Crippen molar-refractivity contribution < 1.29 is 74.1 Å². The van der Waals surface area contributed by atoms with Gasteiger partial charge in [-0.1, -0.05) is 50.7 Å². The molecular weight excluding hydrogens is 936 g/mol. The Morgan fingerprint density at radius 2 is 1.00 bits per heavy atom. The van der Waals surface area contributed by atoms with Crippen LogP contribution in [0.15, 0.2) is 107 Å². The van der Waals surface area contributed by atoms with Crippen LogP contribution >= 0.6 is 0 Å². The fraction of sp³-hybridized carbons (Fsp3) is 0.512. The third-order valence-electron chi connectivity index (χ3n) is 9.01. The van der Waals surface area contributed by atoms with Crippen molar-refractivity contribution in [3.63, 3.8) is 0 Å². The van der Waals surface area contributed by atoms with Crippen molar-refractivity contribution in [2.75, 3.05) is 33.4 Å². The largest absolute Gasteiger partial charge is 3.00 e. The molecule has 2 fully saturated rings. The second-order valence-corrected chi connectivity index (χ2v) is 16.9. The summed E-state index contributed by atoms with van der Waals surface area (Å²) in [5, 5.41) is 7.12. The van der Waals surface area contributed by atoms with Crippen molar-refractivity contribution in [1.29, 1.82) is 0 Å². The molecule has 0 unspecified atom stereocenters. The molecule has 4 heterocycles. The zero-order valence-corrected chi connectivity index (χ0v) is 38.4. The molecule has 64 heavy (non-hydrogen) atoms. The van der Waals surface area contributed by atoms with Crippen molar-refractivity contribution in [2.24, 2.45) is 9.98 Å². The predicted octanol–water partition coefficient (Wildman–Crippen LogP) is 7.75. The number of allylic oxidation sites excluding steroid dienone is 2. The molecule has 6 rings (SSSR count). The second-order valence-electron chi connectivity index (χ2n) is 14.2. The molecule has 0 bridgehead atoms. The molecule has 0 saturated heterocycles. The molecule has 2 aliphatic carbocycles. The van der Waals surface area contributed by atoms with E-state index in [1.165, 1.54) is 64.2 Å². The van der Waals surface area contributed by atoms with Crippen LogP contribution in [0.5, 0.6) is 0 Å². The molecule has 14 nitrogen and oxygen atoms in total. The van der Waals surface area contributed by atoms with Crippen molar-refractivity contribution in [3.05, 3.63) is 96.9 Å². The van der Waals surface area contributed by atoms with E-state index in [2.05, 4.69) is 69.3 Å². The Balaban J connectivity index is 0.000000492. The summed E-state index contributed by atoms with van der Waals surface area (Å²) in [6, 6.07) is 12.9. The minimum absolute atomic E-state index is 0. The average molecular weight is 992 g/mol. The first-order valence-electron chi connectivity index (χ1n) is 20.2. The number of ether oxygens (including phenoxy) is 1. The molecule has 357 valence electrons. The van der Waals surface area contributed by atoms with Gasteiger partial charge in [0.1, 0.15) is 0 Å². The van der Waals surface area contributed by atoms with Gasteiger partial charge in [-0.25, -0.2) is 16.8 Å².